The lowest BCUT2D eigenvalue weighted by Crippen LogP contribution is -2.21. The molecule has 3 N–H and O–H groups in total. The van der Waals surface area contributed by atoms with Crippen LogP contribution in [0.25, 0.3) is 0 Å². The molecule has 1 aromatic carbocycles. The molecule has 0 unspecified atom stereocenters. The molecule has 0 aliphatic heterocycles. The van der Waals surface area contributed by atoms with Crippen molar-refractivity contribution in [3.05, 3.63) is 24.3 Å². The van der Waals surface area contributed by atoms with Crippen LogP contribution in [-0.2, 0) is 9.53 Å². The maximum absolute atomic E-state index is 12.0. The maximum Gasteiger partial charge on any atom is 0.573 e. The number of carbonyl (C=O) groups is 1. The quantitative estimate of drug-likeness (QED) is 0.773. The van der Waals surface area contributed by atoms with Gasteiger partial charge in [0.1, 0.15) is 12.4 Å². The van der Waals surface area contributed by atoms with Crippen molar-refractivity contribution in [2.75, 3.05) is 25.1 Å². The molecule has 0 saturated heterocycles. The van der Waals surface area contributed by atoms with Crippen LogP contribution in [-0.4, -0.2) is 32.0 Å². The first kappa shape index (κ1) is 15.3. The van der Waals surface area contributed by atoms with Crippen molar-refractivity contribution < 1.29 is 27.4 Å². The van der Waals surface area contributed by atoms with Crippen molar-refractivity contribution in [2.45, 2.75) is 6.36 Å². The zero-order valence-corrected chi connectivity index (χ0v) is 9.87. The van der Waals surface area contributed by atoms with Crippen LogP contribution in [0.15, 0.2) is 24.3 Å². The van der Waals surface area contributed by atoms with E-state index < -0.39 is 18.0 Å². The third kappa shape index (κ3) is 6.63. The summed E-state index contributed by atoms with van der Waals surface area (Å²) < 4.78 is 44.6. The number of ether oxygens (including phenoxy) is 2. The van der Waals surface area contributed by atoms with Gasteiger partial charge in [0.15, 0.2) is 0 Å². The molecule has 0 aliphatic rings. The molecule has 5 nitrogen and oxygen atoms in total. The highest BCUT2D eigenvalue weighted by atomic mass is 19.4. The van der Waals surface area contributed by atoms with Crippen molar-refractivity contribution >= 4 is 11.6 Å². The summed E-state index contributed by atoms with van der Waals surface area (Å²) in [5.41, 5.74) is 5.35. The van der Waals surface area contributed by atoms with Gasteiger partial charge in [-0.05, 0) is 12.1 Å². The van der Waals surface area contributed by atoms with Crippen LogP contribution >= 0.6 is 0 Å². The topological polar surface area (TPSA) is 73.6 Å². The van der Waals surface area contributed by atoms with Gasteiger partial charge in [0.05, 0.1) is 6.61 Å². The molecule has 0 fully saturated rings. The van der Waals surface area contributed by atoms with Crippen LogP contribution in [0.4, 0.5) is 18.9 Å². The molecule has 0 spiro atoms. The summed E-state index contributed by atoms with van der Waals surface area (Å²) in [6.45, 7) is 0.286. The minimum Gasteiger partial charge on any atom is -0.406 e. The lowest BCUT2D eigenvalue weighted by Gasteiger charge is -2.10. The van der Waals surface area contributed by atoms with Crippen molar-refractivity contribution in [3.63, 3.8) is 0 Å². The molecular weight excluding hydrogens is 265 g/mol. The Balaban J connectivity index is 2.54. The van der Waals surface area contributed by atoms with E-state index >= 15 is 0 Å². The average Bonchev–Trinajstić information content (AvgIpc) is 2.27. The van der Waals surface area contributed by atoms with Gasteiger partial charge in [0.25, 0.3) is 0 Å². The van der Waals surface area contributed by atoms with Crippen molar-refractivity contribution in [1.29, 1.82) is 0 Å². The first-order chi connectivity index (χ1) is 8.90. The number of amides is 1. The van der Waals surface area contributed by atoms with Gasteiger partial charge in [-0.1, -0.05) is 6.07 Å². The minimum absolute atomic E-state index is 0.183. The molecule has 0 heterocycles. The molecule has 0 atom stereocenters. The van der Waals surface area contributed by atoms with Crippen molar-refractivity contribution in [1.82, 2.24) is 0 Å². The molecule has 0 aromatic heterocycles. The highest BCUT2D eigenvalue weighted by Gasteiger charge is 2.31. The summed E-state index contributed by atoms with van der Waals surface area (Å²) in [7, 11) is 0. The maximum atomic E-state index is 12.0. The molecule has 1 amide bonds. The van der Waals surface area contributed by atoms with Gasteiger partial charge in [-0.2, -0.15) is 0 Å². The van der Waals surface area contributed by atoms with Crippen LogP contribution < -0.4 is 15.8 Å². The predicted molar refractivity (Wildman–Crippen MR) is 61.6 cm³/mol. The Labute approximate surface area is 107 Å². The fourth-order valence-electron chi connectivity index (χ4n) is 1.22. The SMILES string of the molecule is NCCOCC(=O)Nc1cccc(OC(F)(F)F)c1. The lowest BCUT2D eigenvalue weighted by atomic mass is 10.3. The van der Waals surface area contributed by atoms with E-state index in [1.807, 2.05) is 0 Å². The Morgan fingerprint density at radius 2 is 2.11 bits per heavy atom. The summed E-state index contributed by atoms with van der Waals surface area (Å²) in [4.78, 5) is 11.3. The van der Waals surface area contributed by atoms with Crippen LogP contribution in [0.1, 0.15) is 0 Å². The Morgan fingerprint density at radius 3 is 2.74 bits per heavy atom. The van der Waals surface area contributed by atoms with Gasteiger partial charge in [-0.3, -0.25) is 4.79 Å². The van der Waals surface area contributed by atoms with Crippen LogP contribution in [0.3, 0.4) is 0 Å². The van der Waals surface area contributed by atoms with Crippen molar-refractivity contribution in [2.24, 2.45) is 5.73 Å². The van der Waals surface area contributed by atoms with Gasteiger partial charge in [0, 0.05) is 18.3 Å². The molecule has 8 heteroatoms. The zero-order chi connectivity index (χ0) is 14.3. The second-order valence-corrected chi connectivity index (χ2v) is 3.47. The summed E-state index contributed by atoms with van der Waals surface area (Å²) >= 11 is 0. The molecular formula is C11H13F3N2O3. The summed E-state index contributed by atoms with van der Waals surface area (Å²) in [6.07, 6.45) is -4.77. The third-order valence-electron chi connectivity index (χ3n) is 1.85. The highest BCUT2D eigenvalue weighted by molar-refractivity contribution is 5.91. The number of nitrogens with one attached hydrogen (secondary N) is 1. The van der Waals surface area contributed by atoms with Gasteiger partial charge < -0.3 is 20.5 Å². The molecule has 0 aliphatic carbocycles. The van der Waals surface area contributed by atoms with E-state index in [2.05, 4.69) is 10.1 Å². The highest BCUT2D eigenvalue weighted by Crippen LogP contribution is 2.24. The van der Waals surface area contributed by atoms with E-state index in [1.54, 1.807) is 0 Å². The van der Waals surface area contributed by atoms with E-state index in [9.17, 15) is 18.0 Å². The summed E-state index contributed by atoms with van der Waals surface area (Å²) in [6, 6.07) is 4.96. The van der Waals surface area contributed by atoms with Gasteiger partial charge in [-0.15, -0.1) is 13.2 Å². The molecule has 1 rings (SSSR count). The number of nitrogens with two attached hydrogens (primary N) is 1. The Hall–Kier alpha value is -1.80. The number of hydrogen-bond donors (Lipinski definition) is 2. The predicted octanol–water partition coefficient (Wildman–Crippen LogP) is 1.50. The average molecular weight is 278 g/mol. The van der Waals surface area contributed by atoms with E-state index in [4.69, 9.17) is 10.5 Å². The summed E-state index contributed by atoms with van der Waals surface area (Å²) in [5, 5.41) is 2.37. The molecule has 0 saturated carbocycles. The van der Waals surface area contributed by atoms with E-state index in [0.29, 0.717) is 0 Å². The standard InChI is InChI=1S/C11H13F3N2O3/c12-11(13,14)19-9-3-1-2-8(6-9)16-10(17)7-18-5-4-15/h1-3,6H,4-5,7,15H2,(H,16,17). The smallest absolute Gasteiger partial charge is 0.406 e. The zero-order valence-electron chi connectivity index (χ0n) is 9.87. The fraction of sp³-hybridized carbons (Fsp3) is 0.364. The normalized spacial score (nSPS) is 11.2. The Kier molecular flexibility index (Phi) is 5.58. The van der Waals surface area contributed by atoms with Crippen molar-refractivity contribution in [3.8, 4) is 5.75 Å². The van der Waals surface area contributed by atoms with Crippen LogP contribution in [0.2, 0.25) is 0 Å². The number of hydrogen-bond acceptors (Lipinski definition) is 4. The molecule has 0 radical (unpaired) electrons. The number of benzene rings is 1. The molecule has 0 bridgehead atoms. The molecule has 106 valence electrons. The third-order valence-corrected chi connectivity index (χ3v) is 1.85. The first-order valence-electron chi connectivity index (χ1n) is 5.34. The second kappa shape index (κ2) is 6.95. The Bertz CT molecular complexity index is 424. The van der Waals surface area contributed by atoms with Gasteiger partial charge in [0.2, 0.25) is 5.91 Å². The van der Waals surface area contributed by atoms with Crippen LogP contribution in [0, 0.1) is 0 Å². The summed E-state index contributed by atoms with van der Waals surface area (Å²) in [5.74, 6) is -0.897. The number of alkyl halides is 3. The first-order valence-corrected chi connectivity index (χ1v) is 5.34. The van der Waals surface area contributed by atoms with Gasteiger partial charge in [-0.25, -0.2) is 0 Å². The van der Waals surface area contributed by atoms with Crippen LogP contribution in [0.5, 0.6) is 5.75 Å². The Morgan fingerprint density at radius 1 is 1.37 bits per heavy atom. The van der Waals surface area contributed by atoms with E-state index in [1.165, 1.54) is 12.1 Å². The lowest BCUT2D eigenvalue weighted by molar-refractivity contribution is -0.274. The van der Waals surface area contributed by atoms with Gasteiger partial charge >= 0.3 is 6.36 Å². The minimum atomic E-state index is -4.77. The fourth-order valence-corrected chi connectivity index (χ4v) is 1.22. The molecule has 1 aromatic rings. The van der Waals surface area contributed by atoms with E-state index in [0.717, 1.165) is 12.1 Å². The number of rotatable bonds is 6. The largest absolute Gasteiger partial charge is 0.573 e. The second-order valence-electron chi connectivity index (χ2n) is 3.47. The number of halogens is 3. The number of anilines is 1. The molecule has 19 heavy (non-hydrogen) atoms. The number of carbonyl (C=O) groups excluding carboxylic acids is 1. The van der Waals surface area contributed by atoms with E-state index in [-0.39, 0.29) is 25.4 Å². The monoisotopic (exact) mass is 278 g/mol.